The summed E-state index contributed by atoms with van der Waals surface area (Å²) in [7, 11) is 0. The normalized spacial score (nSPS) is 11.1. The molecule has 0 aliphatic carbocycles. The van der Waals surface area contributed by atoms with Crippen molar-refractivity contribution in [2.45, 2.75) is 6.92 Å². The molecule has 0 aliphatic rings. The minimum atomic E-state index is -0.720. The van der Waals surface area contributed by atoms with Gasteiger partial charge >= 0.3 is 5.69 Å². The van der Waals surface area contributed by atoms with Gasteiger partial charge in [0.25, 0.3) is 5.69 Å². The van der Waals surface area contributed by atoms with E-state index in [1.54, 1.807) is 35.7 Å². The molecule has 0 aliphatic heterocycles. The van der Waals surface area contributed by atoms with Gasteiger partial charge in [0.2, 0.25) is 17.4 Å². The Morgan fingerprint density at radius 2 is 1.94 bits per heavy atom. The van der Waals surface area contributed by atoms with E-state index in [1.807, 2.05) is 0 Å². The fourth-order valence-electron chi connectivity index (χ4n) is 3.51. The van der Waals surface area contributed by atoms with Crippen molar-refractivity contribution in [1.29, 1.82) is 0 Å². The number of fused-ring (bicyclic) bond motifs is 1. The molecule has 0 saturated carbocycles. The summed E-state index contributed by atoms with van der Waals surface area (Å²) in [5.74, 6) is -0.912. The lowest BCUT2D eigenvalue weighted by atomic mass is 10.0. The van der Waals surface area contributed by atoms with Gasteiger partial charge in [0.05, 0.1) is 27.3 Å². The number of hydrogen-bond donors (Lipinski definition) is 2. The number of carbonyl (C=O) groups is 1. The van der Waals surface area contributed by atoms with Gasteiger partial charge in [-0.3, -0.25) is 30.4 Å². The number of nitro benzene ring substituents is 1. The largest absolute Gasteiger partial charge is 0.378 e. The average molecular weight is 460 g/mol. The summed E-state index contributed by atoms with van der Waals surface area (Å²) in [4.78, 5) is 41.8. The molecule has 13 nitrogen and oxygen atoms in total. The van der Waals surface area contributed by atoms with Crippen LogP contribution in [0.3, 0.4) is 0 Å². The Labute approximate surface area is 190 Å². The minimum Gasteiger partial charge on any atom is -0.378 e. The highest BCUT2D eigenvalue weighted by molar-refractivity contribution is 6.12. The molecule has 3 heterocycles. The summed E-state index contributed by atoms with van der Waals surface area (Å²) in [6, 6.07) is 10.8. The number of carbonyl (C=O) groups excluding carboxylic acids is 1. The van der Waals surface area contributed by atoms with Crippen LogP contribution in [0.5, 0.6) is 0 Å². The van der Waals surface area contributed by atoms with E-state index in [4.69, 9.17) is 5.73 Å². The van der Waals surface area contributed by atoms with Gasteiger partial charge in [0, 0.05) is 29.5 Å². The third-order valence-electron chi connectivity index (χ3n) is 5.07. The van der Waals surface area contributed by atoms with Crippen molar-refractivity contribution in [2.75, 3.05) is 11.2 Å². The molecule has 3 aromatic heterocycles. The Hall–Kier alpha value is -5.20. The number of hydrogen-bond acceptors (Lipinski definition) is 10. The molecule has 4 aromatic rings. The van der Waals surface area contributed by atoms with Gasteiger partial charge in [-0.1, -0.05) is 18.2 Å². The summed E-state index contributed by atoms with van der Waals surface area (Å²) < 4.78 is 1.66. The van der Waals surface area contributed by atoms with Crippen LogP contribution in [0.4, 0.5) is 23.0 Å². The number of hydrazone groups is 1. The molecule has 34 heavy (non-hydrogen) atoms. The highest BCUT2D eigenvalue weighted by Gasteiger charge is 2.23. The second-order valence-corrected chi connectivity index (χ2v) is 7.06. The third-order valence-corrected chi connectivity index (χ3v) is 5.07. The van der Waals surface area contributed by atoms with Crippen LogP contribution in [-0.2, 0) is 0 Å². The molecule has 0 unspecified atom stereocenters. The van der Waals surface area contributed by atoms with Crippen LogP contribution in [0.15, 0.2) is 60.1 Å². The first kappa shape index (κ1) is 22.0. The van der Waals surface area contributed by atoms with E-state index in [0.717, 1.165) is 6.33 Å². The quantitative estimate of drug-likeness (QED) is 0.181. The standard InChI is InChI=1S/C21H16N8O5/c1-12-15(10-25-26-21-18(29(33)34)20(22)23-11-24-21)16-7-2-3-8-27(16)17(12)19(30)13-5-4-6-14(9-13)28(31)32/h2-11H,1H3,(H3,22,23,24,26)/b25-10-. The molecular weight excluding hydrogens is 444 g/mol. The Kier molecular flexibility index (Phi) is 5.66. The molecule has 13 heteroatoms. The van der Waals surface area contributed by atoms with Crippen LogP contribution in [-0.4, -0.2) is 36.2 Å². The number of nitro groups is 2. The summed E-state index contributed by atoms with van der Waals surface area (Å²) >= 11 is 0. The number of anilines is 2. The molecule has 0 bridgehead atoms. The maximum atomic E-state index is 13.3. The predicted octanol–water partition coefficient (Wildman–Crippen LogP) is 3.11. The number of nitrogen functional groups attached to an aromatic ring is 1. The Balaban J connectivity index is 1.75. The van der Waals surface area contributed by atoms with Crippen LogP contribution in [0.2, 0.25) is 0 Å². The number of non-ortho nitro benzene ring substituents is 1. The van der Waals surface area contributed by atoms with E-state index < -0.39 is 21.3 Å². The van der Waals surface area contributed by atoms with E-state index in [1.165, 1.54) is 30.5 Å². The topological polar surface area (TPSA) is 184 Å². The fraction of sp³-hybridized carbons (Fsp3) is 0.0476. The Bertz CT molecular complexity index is 1490. The molecule has 4 rings (SSSR count). The van der Waals surface area contributed by atoms with E-state index in [-0.39, 0.29) is 22.9 Å². The van der Waals surface area contributed by atoms with Gasteiger partial charge in [-0.15, -0.1) is 0 Å². The van der Waals surface area contributed by atoms with Crippen molar-refractivity contribution in [2.24, 2.45) is 5.10 Å². The summed E-state index contributed by atoms with van der Waals surface area (Å²) in [5.41, 5.74) is 9.56. The second-order valence-electron chi connectivity index (χ2n) is 7.06. The Morgan fingerprint density at radius 1 is 1.15 bits per heavy atom. The summed E-state index contributed by atoms with van der Waals surface area (Å²) in [6.45, 7) is 1.71. The van der Waals surface area contributed by atoms with Crippen molar-refractivity contribution < 1.29 is 14.6 Å². The lowest BCUT2D eigenvalue weighted by Crippen LogP contribution is -2.07. The maximum Gasteiger partial charge on any atom is 0.354 e. The highest BCUT2D eigenvalue weighted by atomic mass is 16.6. The zero-order chi connectivity index (χ0) is 24.4. The van der Waals surface area contributed by atoms with Crippen molar-refractivity contribution in [3.63, 3.8) is 0 Å². The third kappa shape index (κ3) is 3.88. The van der Waals surface area contributed by atoms with Crippen molar-refractivity contribution in [1.82, 2.24) is 14.4 Å². The number of rotatable bonds is 7. The SMILES string of the molecule is Cc1c(/C=N\Nc2ncnc(N)c2[N+](=O)[O-])c2ccccn2c1C(=O)c1cccc([N+](=O)[O-])c1. The van der Waals surface area contributed by atoms with Gasteiger partial charge < -0.3 is 10.1 Å². The lowest BCUT2D eigenvalue weighted by Gasteiger charge is -2.04. The van der Waals surface area contributed by atoms with Crippen LogP contribution in [0.1, 0.15) is 27.2 Å². The van der Waals surface area contributed by atoms with Crippen LogP contribution >= 0.6 is 0 Å². The van der Waals surface area contributed by atoms with Crippen molar-refractivity contribution in [3.8, 4) is 0 Å². The first-order valence-corrected chi connectivity index (χ1v) is 9.72. The van der Waals surface area contributed by atoms with Crippen molar-refractivity contribution >= 4 is 40.5 Å². The monoisotopic (exact) mass is 460 g/mol. The van der Waals surface area contributed by atoms with Crippen LogP contribution < -0.4 is 11.2 Å². The molecule has 0 spiro atoms. The predicted molar refractivity (Wildman–Crippen MR) is 123 cm³/mol. The molecule has 0 atom stereocenters. The Morgan fingerprint density at radius 3 is 2.68 bits per heavy atom. The van der Waals surface area contributed by atoms with Crippen LogP contribution in [0.25, 0.3) is 5.52 Å². The van der Waals surface area contributed by atoms with Gasteiger partial charge in [-0.05, 0) is 24.6 Å². The van der Waals surface area contributed by atoms with Gasteiger partial charge in [0.15, 0.2) is 0 Å². The summed E-state index contributed by atoms with van der Waals surface area (Å²) in [6.07, 6.45) is 4.15. The average Bonchev–Trinajstić information content (AvgIpc) is 3.09. The minimum absolute atomic E-state index is 0.161. The van der Waals surface area contributed by atoms with E-state index in [9.17, 15) is 25.0 Å². The van der Waals surface area contributed by atoms with Gasteiger partial charge in [-0.2, -0.15) is 5.10 Å². The number of nitrogens with two attached hydrogens (primary N) is 1. The molecule has 0 amide bonds. The molecular formula is C21H16N8O5. The number of aromatic nitrogens is 3. The van der Waals surface area contributed by atoms with Gasteiger partial charge in [-0.25, -0.2) is 9.97 Å². The number of ketones is 1. The molecule has 3 N–H and O–H groups in total. The maximum absolute atomic E-state index is 13.3. The van der Waals surface area contributed by atoms with Crippen LogP contribution in [0, 0.1) is 27.2 Å². The molecule has 170 valence electrons. The lowest BCUT2D eigenvalue weighted by molar-refractivity contribution is -0.384. The zero-order valence-electron chi connectivity index (χ0n) is 17.6. The number of benzene rings is 1. The molecule has 0 fully saturated rings. The van der Waals surface area contributed by atoms with Gasteiger partial charge in [0.1, 0.15) is 6.33 Å². The fourth-order valence-corrected chi connectivity index (χ4v) is 3.51. The van der Waals surface area contributed by atoms with E-state index >= 15 is 0 Å². The van der Waals surface area contributed by atoms with Crippen molar-refractivity contribution in [3.05, 3.63) is 97.6 Å². The molecule has 0 saturated heterocycles. The molecule has 1 aromatic carbocycles. The summed E-state index contributed by atoms with van der Waals surface area (Å²) in [5, 5.41) is 26.4. The highest BCUT2D eigenvalue weighted by Crippen LogP contribution is 2.27. The number of nitrogens with zero attached hydrogens (tertiary/aromatic N) is 6. The van der Waals surface area contributed by atoms with E-state index in [0.29, 0.717) is 22.3 Å². The first-order valence-electron chi connectivity index (χ1n) is 9.72. The smallest absolute Gasteiger partial charge is 0.354 e. The second kappa shape index (κ2) is 8.74. The number of pyridine rings is 1. The number of nitrogens with one attached hydrogen (secondary N) is 1. The molecule has 0 radical (unpaired) electrons. The zero-order valence-corrected chi connectivity index (χ0v) is 17.6. The van der Waals surface area contributed by atoms with E-state index in [2.05, 4.69) is 20.5 Å². The first-order chi connectivity index (χ1) is 16.3.